The van der Waals surface area contributed by atoms with Crippen molar-refractivity contribution in [2.24, 2.45) is 5.41 Å². The van der Waals surface area contributed by atoms with Gasteiger partial charge in [-0.25, -0.2) is 6.57 Å². The molecule has 2 aromatic carbocycles. The third kappa shape index (κ3) is 5.89. The molecule has 10 heteroatoms. The SMILES string of the molecule is [C-]#[N+]C[C@H]1CN(c2nc(O[C@@H](C)COC3CCCC34CC4)nc3c2CCN(c2cccc4cccc(Cl)c24)C3)CCN1C(=O)C=C. The Morgan fingerprint density at radius 3 is 2.78 bits per heavy atom. The molecule has 240 valence electrons. The number of carbonyl (C=O) groups excluding carboxylic acids is 1. The molecule has 2 aliphatic heterocycles. The van der Waals surface area contributed by atoms with Gasteiger partial charge in [0.25, 0.3) is 0 Å². The maximum atomic E-state index is 12.6. The first kappa shape index (κ1) is 30.8. The van der Waals surface area contributed by atoms with Crippen molar-refractivity contribution in [3.8, 4) is 6.01 Å². The molecule has 2 aliphatic carbocycles. The van der Waals surface area contributed by atoms with Crippen LogP contribution in [-0.2, 0) is 22.5 Å². The van der Waals surface area contributed by atoms with Crippen molar-refractivity contribution in [2.45, 2.75) is 70.2 Å². The molecule has 0 radical (unpaired) electrons. The minimum atomic E-state index is -0.252. The van der Waals surface area contributed by atoms with E-state index in [9.17, 15) is 4.79 Å². The summed E-state index contributed by atoms with van der Waals surface area (Å²) in [5.74, 6) is 0.688. The summed E-state index contributed by atoms with van der Waals surface area (Å²) in [5, 5.41) is 2.87. The number of piperazine rings is 1. The number of hydrogen-bond acceptors (Lipinski definition) is 7. The van der Waals surface area contributed by atoms with Gasteiger partial charge < -0.3 is 29.0 Å². The zero-order chi connectivity index (χ0) is 31.8. The number of benzene rings is 2. The van der Waals surface area contributed by atoms with Crippen LogP contribution >= 0.6 is 11.6 Å². The number of halogens is 1. The van der Waals surface area contributed by atoms with E-state index in [1.165, 1.54) is 31.8 Å². The summed E-state index contributed by atoms with van der Waals surface area (Å²) in [6, 6.07) is 12.4. The Balaban J connectivity index is 1.18. The Hall–Kier alpha value is -3.87. The van der Waals surface area contributed by atoms with Crippen LogP contribution in [0, 0.1) is 12.0 Å². The number of amides is 1. The lowest BCUT2D eigenvalue weighted by atomic mass is 10.0. The highest BCUT2D eigenvalue weighted by Gasteiger charge is 2.52. The van der Waals surface area contributed by atoms with Gasteiger partial charge in [0.15, 0.2) is 0 Å². The van der Waals surface area contributed by atoms with Gasteiger partial charge in [0.05, 0.1) is 30.0 Å². The molecule has 0 bridgehead atoms. The normalized spacial score (nSPS) is 22.4. The fraction of sp³-hybridized carbons (Fsp3) is 0.500. The number of ether oxygens (including phenoxy) is 2. The molecule has 1 amide bonds. The quantitative estimate of drug-likeness (QED) is 0.207. The molecule has 9 nitrogen and oxygen atoms in total. The van der Waals surface area contributed by atoms with Crippen LogP contribution in [0.15, 0.2) is 49.1 Å². The fourth-order valence-electron chi connectivity index (χ4n) is 7.73. The maximum Gasteiger partial charge on any atom is 0.319 e. The summed E-state index contributed by atoms with van der Waals surface area (Å²) in [6.07, 6.45) is 8.41. The van der Waals surface area contributed by atoms with Gasteiger partial charge in [-0.3, -0.25) is 4.79 Å². The predicted octanol–water partition coefficient (Wildman–Crippen LogP) is 6.08. The fourth-order valence-corrected chi connectivity index (χ4v) is 8.01. The summed E-state index contributed by atoms with van der Waals surface area (Å²) in [5.41, 5.74) is 3.51. The molecule has 4 aliphatic rings. The molecule has 7 rings (SSSR count). The highest BCUT2D eigenvalue weighted by atomic mass is 35.5. The maximum absolute atomic E-state index is 12.6. The van der Waals surface area contributed by atoms with Crippen molar-refractivity contribution >= 4 is 39.8 Å². The minimum absolute atomic E-state index is 0.143. The Labute approximate surface area is 275 Å². The molecule has 46 heavy (non-hydrogen) atoms. The van der Waals surface area contributed by atoms with E-state index >= 15 is 0 Å². The van der Waals surface area contributed by atoms with E-state index in [0.717, 1.165) is 57.9 Å². The van der Waals surface area contributed by atoms with Crippen LogP contribution in [0.5, 0.6) is 6.01 Å². The lowest BCUT2D eigenvalue weighted by Crippen LogP contribution is -2.56. The van der Waals surface area contributed by atoms with Crippen molar-refractivity contribution in [1.82, 2.24) is 14.9 Å². The zero-order valence-electron chi connectivity index (χ0n) is 26.5. The number of nitrogens with zero attached hydrogens (tertiary/aromatic N) is 6. The number of rotatable bonds is 9. The lowest BCUT2D eigenvalue weighted by molar-refractivity contribution is -0.128. The Morgan fingerprint density at radius 1 is 1.17 bits per heavy atom. The van der Waals surface area contributed by atoms with Gasteiger partial charge in [0.2, 0.25) is 12.5 Å². The first-order valence-electron chi connectivity index (χ1n) is 16.5. The second kappa shape index (κ2) is 12.7. The second-order valence-electron chi connectivity index (χ2n) is 13.2. The number of anilines is 2. The zero-order valence-corrected chi connectivity index (χ0v) is 27.2. The molecule has 1 aromatic heterocycles. The standard InChI is InChI=1S/C36H41ClN6O3/c1-4-32(44)43-19-18-42(21-26(43)20-38-3)34-27-13-17-41(30-11-6-9-25-8-5-10-28(37)33(25)30)22-29(27)39-35(40-34)46-24(2)23-45-31-12-7-14-36(31)15-16-36/h4-6,8-11,24,26,31H,1,7,12-23H2,2H3/t24-,26-,31?/m0/s1. The number of fused-ring (bicyclic) bond motifs is 2. The topological polar surface area (TPSA) is 75.4 Å². The molecule has 3 atom stereocenters. The Bertz CT molecular complexity index is 1680. The molecule has 1 spiro atoms. The molecule has 3 fully saturated rings. The van der Waals surface area contributed by atoms with E-state index in [-0.39, 0.29) is 24.6 Å². The van der Waals surface area contributed by atoms with Crippen LogP contribution in [-0.4, -0.2) is 78.4 Å². The highest BCUT2D eigenvalue weighted by Crippen LogP contribution is 2.59. The van der Waals surface area contributed by atoms with Gasteiger partial charge in [-0.05, 0) is 68.0 Å². The molecular formula is C36H41ClN6O3. The first-order valence-corrected chi connectivity index (χ1v) is 16.9. The molecule has 1 saturated heterocycles. The van der Waals surface area contributed by atoms with E-state index in [1.807, 2.05) is 19.1 Å². The van der Waals surface area contributed by atoms with E-state index in [4.69, 9.17) is 37.6 Å². The van der Waals surface area contributed by atoms with E-state index < -0.39 is 0 Å². The summed E-state index contributed by atoms with van der Waals surface area (Å²) in [7, 11) is 0. The van der Waals surface area contributed by atoms with Gasteiger partial charge in [-0.1, -0.05) is 48.9 Å². The molecule has 1 unspecified atom stereocenters. The summed E-state index contributed by atoms with van der Waals surface area (Å²) in [4.78, 5) is 32.6. The smallest absolute Gasteiger partial charge is 0.319 e. The van der Waals surface area contributed by atoms with Crippen molar-refractivity contribution in [3.63, 3.8) is 0 Å². The van der Waals surface area contributed by atoms with Gasteiger partial charge in [0, 0.05) is 42.8 Å². The van der Waals surface area contributed by atoms with Gasteiger partial charge in [-0.15, -0.1) is 0 Å². The van der Waals surface area contributed by atoms with Crippen molar-refractivity contribution in [2.75, 3.05) is 49.1 Å². The monoisotopic (exact) mass is 640 g/mol. The van der Waals surface area contributed by atoms with Crippen molar-refractivity contribution < 1.29 is 14.3 Å². The van der Waals surface area contributed by atoms with E-state index in [0.29, 0.717) is 50.3 Å². The van der Waals surface area contributed by atoms with Crippen molar-refractivity contribution in [1.29, 1.82) is 0 Å². The van der Waals surface area contributed by atoms with Gasteiger partial charge in [-0.2, -0.15) is 9.97 Å². The van der Waals surface area contributed by atoms with Crippen LogP contribution in [0.4, 0.5) is 11.5 Å². The van der Waals surface area contributed by atoms with Crippen molar-refractivity contribution in [3.05, 3.63) is 76.8 Å². The van der Waals surface area contributed by atoms with Crippen LogP contribution in [0.2, 0.25) is 5.02 Å². The molecule has 3 heterocycles. The van der Waals surface area contributed by atoms with Gasteiger partial charge in [0.1, 0.15) is 18.0 Å². The second-order valence-corrected chi connectivity index (χ2v) is 13.6. The third-order valence-electron chi connectivity index (χ3n) is 10.3. The summed E-state index contributed by atoms with van der Waals surface area (Å²) in [6.45, 7) is 16.9. The average molecular weight is 641 g/mol. The number of hydrogen-bond donors (Lipinski definition) is 0. The lowest BCUT2D eigenvalue weighted by Gasteiger charge is -2.41. The van der Waals surface area contributed by atoms with Crippen LogP contribution < -0.4 is 14.5 Å². The molecule has 3 aromatic rings. The van der Waals surface area contributed by atoms with E-state index in [1.54, 1.807) is 4.90 Å². The molecule has 2 saturated carbocycles. The van der Waals surface area contributed by atoms with Crippen LogP contribution in [0.3, 0.4) is 0 Å². The average Bonchev–Trinajstić information content (AvgIpc) is 3.74. The Kier molecular flexibility index (Phi) is 8.51. The first-order chi connectivity index (χ1) is 22.4. The third-order valence-corrected chi connectivity index (χ3v) is 10.6. The summed E-state index contributed by atoms with van der Waals surface area (Å²) < 4.78 is 12.8. The minimum Gasteiger partial charge on any atom is -0.458 e. The van der Waals surface area contributed by atoms with E-state index in [2.05, 4.69) is 45.5 Å². The predicted molar refractivity (Wildman–Crippen MR) is 180 cm³/mol. The van der Waals surface area contributed by atoms with Gasteiger partial charge >= 0.3 is 6.01 Å². The number of carbonyl (C=O) groups is 1. The largest absolute Gasteiger partial charge is 0.458 e. The van der Waals surface area contributed by atoms with Crippen LogP contribution in [0.1, 0.15) is 50.3 Å². The number of aromatic nitrogens is 2. The summed E-state index contributed by atoms with van der Waals surface area (Å²) >= 11 is 6.73. The molecule has 0 N–H and O–H groups in total. The molecular weight excluding hydrogens is 600 g/mol. The van der Waals surface area contributed by atoms with Crippen LogP contribution in [0.25, 0.3) is 15.6 Å². The Morgan fingerprint density at radius 2 is 2.00 bits per heavy atom. The highest BCUT2D eigenvalue weighted by molar-refractivity contribution is 6.36.